The summed E-state index contributed by atoms with van der Waals surface area (Å²) in [6.07, 6.45) is 0.308. The molecule has 0 saturated heterocycles. The molecule has 0 unspecified atom stereocenters. The third-order valence-corrected chi connectivity index (χ3v) is 3.80. The van der Waals surface area contributed by atoms with Gasteiger partial charge in [0.15, 0.2) is 5.96 Å². The van der Waals surface area contributed by atoms with Crippen LogP contribution in [0.1, 0.15) is 17.7 Å². The average Bonchev–Trinajstić information content (AvgIpc) is 2.59. The Hall–Kier alpha value is -1.87. The first-order chi connectivity index (χ1) is 12.1. The Balaban J connectivity index is 0.00000338. The van der Waals surface area contributed by atoms with Gasteiger partial charge in [-0.05, 0) is 30.7 Å². The fraction of sp³-hybridized carbons (Fsp3) is 0.278. The number of hydrogen-bond acceptors (Lipinski definition) is 3. The molecule has 8 heteroatoms. The second-order valence-electron chi connectivity index (χ2n) is 5.41. The molecule has 1 amide bonds. The van der Waals surface area contributed by atoms with Gasteiger partial charge in [-0.3, -0.25) is 9.79 Å². The van der Waals surface area contributed by atoms with Crippen LogP contribution in [0.3, 0.4) is 0 Å². The van der Waals surface area contributed by atoms with Crippen molar-refractivity contribution in [3.8, 4) is 0 Å². The molecular weight excluding hydrogens is 465 g/mol. The lowest BCUT2D eigenvalue weighted by Crippen LogP contribution is -2.38. The van der Waals surface area contributed by atoms with Crippen molar-refractivity contribution in [1.82, 2.24) is 15.6 Å². The summed E-state index contributed by atoms with van der Waals surface area (Å²) in [7, 11) is 1.68. The van der Waals surface area contributed by atoms with Gasteiger partial charge in [0.1, 0.15) is 5.82 Å². The molecular formula is C18H23ClIN5O. The third-order valence-electron chi connectivity index (χ3n) is 3.43. The van der Waals surface area contributed by atoms with E-state index in [0.717, 1.165) is 11.3 Å². The predicted molar refractivity (Wildman–Crippen MR) is 117 cm³/mol. The van der Waals surface area contributed by atoms with E-state index in [0.29, 0.717) is 36.3 Å². The molecule has 0 atom stereocenters. The Kier molecular flexibility index (Phi) is 9.97. The highest BCUT2D eigenvalue weighted by Gasteiger charge is 2.05. The van der Waals surface area contributed by atoms with Crippen LogP contribution in [0, 0.1) is 6.92 Å². The minimum Gasteiger partial charge on any atom is -0.356 e. The lowest BCUT2D eigenvalue weighted by Gasteiger charge is -2.12. The van der Waals surface area contributed by atoms with E-state index in [4.69, 9.17) is 11.6 Å². The van der Waals surface area contributed by atoms with Gasteiger partial charge in [-0.15, -0.1) is 24.0 Å². The van der Waals surface area contributed by atoms with Gasteiger partial charge in [0.05, 0.1) is 0 Å². The minimum absolute atomic E-state index is 0. The van der Waals surface area contributed by atoms with Crippen molar-refractivity contribution in [3.63, 3.8) is 0 Å². The molecule has 2 aromatic rings. The molecule has 0 bridgehead atoms. The van der Waals surface area contributed by atoms with Gasteiger partial charge in [0.2, 0.25) is 5.91 Å². The highest BCUT2D eigenvalue weighted by Crippen LogP contribution is 2.14. The minimum atomic E-state index is -0.104. The number of nitrogens with one attached hydrogen (secondary N) is 3. The number of aromatic nitrogens is 1. The van der Waals surface area contributed by atoms with E-state index >= 15 is 0 Å². The van der Waals surface area contributed by atoms with Crippen molar-refractivity contribution in [1.29, 1.82) is 0 Å². The Morgan fingerprint density at radius 2 is 1.92 bits per heavy atom. The van der Waals surface area contributed by atoms with Gasteiger partial charge in [-0.1, -0.05) is 35.9 Å². The normalized spacial score (nSPS) is 10.7. The first kappa shape index (κ1) is 22.2. The molecule has 0 aliphatic heterocycles. The fourth-order valence-electron chi connectivity index (χ4n) is 2.15. The van der Waals surface area contributed by atoms with Crippen molar-refractivity contribution in [2.45, 2.75) is 19.9 Å². The second-order valence-corrected chi connectivity index (χ2v) is 5.81. The monoisotopic (exact) mass is 487 g/mol. The highest BCUT2D eigenvalue weighted by molar-refractivity contribution is 14.0. The smallest absolute Gasteiger partial charge is 0.227 e. The molecule has 0 aliphatic rings. The Bertz CT molecular complexity index is 754. The van der Waals surface area contributed by atoms with Gasteiger partial charge in [-0.2, -0.15) is 0 Å². The Morgan fingerprint density at radius 1 is 1.15 bits per heavy atom. The summed E-state index contributed by atoms with van der Waals surface area (Å²) in [5.74, 6) is 1.07. The molecule has 0 spiro atoms. The van der Waals surface area contributed by atoms with Gasteiger partial charge in [0.25, 0.3) is 0 Å². The van der Waals surface area contributed by atoms with E-state index < -0.39 is 0 Å². The maximum atomic E-state index is 11.9. The summed E-state index contributed by atoms with van der Waals surface area (Å²) >= 11 is 6.13. The van der Waals surface area contributed by atoms with E-state index in [1.54, 1.807) is 13.1 Å². The van der Waals surface area contributed by atoms with Crippen LogP contribution in [0.2, 0.25) is 5.02 Å². The number of aliphatic imine (C=N–C) groups is 1. The number of aryl methyl sites for hydroxylation is 1. The first-order valence-electron chi connectivity index (χ1n) is 8.00. The van der Waals surface area contributed by atoms with Crippen LogP contribution >= 0.6 is 35.6 Å². The van der Waals surface area contributed by atoms with Crippen LogP contribution in [0.5, 0.6) is 0 Å². The zero-order chi connectivity index (χ0) is 18.1. The molecule has 1 heterocycles. The number of benzene rings is 1. The average molecular weight is 488 g/mol. The zero-order valence-electron chi connectivity index (χ0n) is 14.8. The maximum Gasteiger partial charge on any atom is 0.227 e. The number of carbonyl (C=O) groups excluding carboxylic acids is 1. The van der Waals surface area contributed by atoms with Gasteiger partial charge >= 0.3 is 0 Å². The van der Waals surface area contributed by atoms with Crippen LogP contribution in [0.25, 0.3) is 0 Å². The van der Waals surface area contributed by atoms with Crippen molar-refractivity contribution in [3.05, 3.63) is 58.7 Å². The summed E-state index contributed by atoms with van der Waals surface area (Å²) in [6, 6.07) is 13.1. The number of carbonyl (C=O) groups is 1. The van der Waals surface area contributed by atoms with Crippen LogP contribution in [0.15, 0.2) is 47.5 Å². The highest BCUT2D eigenvalue weighted by atomic mass is 127. The first-order valence-corrected chi connectivity index (χ1v) is 8.37. The molecule has 26 heavy (non-hydrogen) atoms. The number of rotatable bonds is 6. The summed E-state index contributed by atoms with van der Waals surface area (Å²) in [5.41, 5.74) is 1.84. The molecule has 140 valence electrons. The van der Waals surface area contributed by atoms with E-state index in [9.17, 15) is 4.79 Å². The van der Waals surface area contributed by atoms with Gasteiger partial charge in [0, 0.05) is 37.3 Å². The lowest BCUT2D eigenvalue weighted by molar-refractivity contribution is -0.116. The number of pyridine rings is 1. The number of halogens is 2. The summed E-state index contributed by atoms with van der Waals surface area (Å²) in [6.45, 7) is 2.89. The molecule has 0 aliphatic carbocycles. The van der Waals surface area contributed by atoms with Crippen LogP contribution in [-0.2, 0) is 11.3 Å². The molecule has 0 fully saturated rings. The predicted octanol–water partition coefficient (Wildman–Crippen LogP) is 3.36. The Labute approximate surface area is 175 Å². The summed E-state index contributed by atoms with van der Waals surface area (Å²) in [4.78, 5) is 20.3. The van der Waals surface area contributed by atoms with Crippen LogP contribution in [-0.4, -0.2) is 30.4 Å². The number of hydrogen-bond donors (Lipinski definition) is 3. The van der Waals surface area contributed by atoms with Crippen LogP contribution in [0.4, 0.5) is 5.82 Å². The topological polar surface area (TPSA) is 78.4 Å². The van der Waals surface area contributed by atoms with Crippen molar-refractivity contribution >= 4 is 53.3 Å². The van der Waals surface area contributed by atoms with Crippen LogP contribution < -0.4 is 16.0 Å². The number of amides is 1. The van der Waals surface area contributed by atoms with Gasteiger partial charge in [-0.25, -0.2) is 4.98 Å². The SMILES string of the molecule is CN=C(NCCC(=O)Nc1cccc(C)n1)NCc1ccccc1Cl.I. The lowest BCUT2D eigenvalue weighted by atomic mass is 10.2. The molecule has 0 radical (unpaired) electrons. The standard InChI is InChI=1S/C18H22ClN5O.HI/c1-13-6-5-9-16(23-13)24-17(25)10-11-21-18(20-2)22-12-14-7-3-4-8-15(14)19;/h3-9H,10-12H2,1-2H3,(H2,20,21,22)(H,23,24,25);1H. The van der Waals surface area contributed by atoms with Crippen molar-refractivity contribution < 1.29 is 4.79 Å². The molecule has 3 N–H and O–H groups in total. The number of guanidine groups is 1. The fourth-order valence-corrected chi connectivity index (χ4v) is 2.36. The van der Waals surface area contributed by atoms with E-state index in [1.807, 2.05) is 43.3 Å². The van der Waals surface area contributed by atoms with Crippen molar-refractivity contribution in [2.75, 3.05) is 18.9 Å². The molecule has 2 rings (SSSR count). The molecule has 6 nitrogen and oxygen atoms in total. The van der Waals surface area contributed by atoms with E-state index in [1.165, 1.54) is 0 Å². The second kappa shape index (κ2) is 11.7. The summed E-state index contributed by atoms with van der Waals surface area (Å²) in [5, 5.41) is 9.75. The van der Waals surface area contributed by atoms with E-state index in [2.05, 4.69) is 25.9 Å². The molecule has 1 aromatic carbocycles. The molecule has 0 saturated carbocycles. The largest absolute Gasteiger partial charge is 0.356 e. The van der Waals surface area contributed by atoms with Crippen molar-refractivity contribution in [2.24, 2.45) is 4.99 Å². The number of nitrogens with zero attached hydrogens (tertiary/aromatic N) is 2. The maximum absolute atomic E-state index is 11.9. The third kappa shape index (κ3) is 7.57. The Morgan fingerprint density at radius 3 is 2.62 bits per heavy atom. The number of anilines is 1. The van der Waals surface area contributed by atoms with E-state index in [-0.39, 0.29) is 29.9 Å². The van der Waals surface area contributed by atoms with Gasteiger partial charge < -0.3 is 16.0 Å². The molecule has 1 aromatic heterocycles. The quantitative estimate of drug-likeness (QED) is 0.332. The summed E-state index contributed by atoms with van der Waals surface area (Å²) < 4.78 is 0. The zero-order valence-corrected chi connectivity index (χ0v) is 17.8.